The third kappa shape index (κ3) is 5.20. The van der Waals surface area contributed by atoms with E-state index < -0.39 is 43.9 Å². The van der Waals surface area contributed by atoms with Crippen LogP contribution in [0.4, 0.5) is 0 Å². The number of aromatic carboxylic acids is 1. The number of hydrogen-bond donors (Lipinski definition) is 3. The molecule has 0 aliphatic carbocycles. The van der Waals surface area contributed by atoms with E-state index >= 15 is 0 Å². The highest BCUT2D eigenvalue weighted by atomic mass is 79.9. The normalized spacial score (nSPS) is 12.3. The molecule has 0 radical (unpaired) electrons. The lowest BCUT2D eigenvalue weighted by Gasteiger charge is -2.09. The molecule has 0 aliphatic heterocycles. The van der Waals surface area contributed by atoms with Crippen molar-refractivity contribution >= 4 is 53.5 Å². The van der Waals surface area contributed by atoms with Crippen molar-refractivity contribution in [1.82, 2.24) is 4.72 Å². The second-order valence-corrected chi connectivity index (χ2v) is 8.57. The van der Waals surface area contributed by atoms with Crippen molar-refractivity contribution in [3.63, 3.8) is 0 Å². The summed E-state index contributed by atoms with van der Waals surface area (Å²) in [6.45, 7) is -0.441. The van der Waals surface area contributed by atoms with Gasteiger partial charge in [-0.3, -0.25) is 0 Å². The van der Waals surface area contributed by atoms with Gasteiger partial charge in [0.1, 0.15) is 0 Å². The Labute approximate surface area is 134 Å². The Bertz CT molecular complexity index is 778. The molecule has 0 saturated heterocycles. The zero-order valence-corrected chi connectivity index (χ0v) is 14.2. The van der Waals surface area contributed by atoms with Gasteiger partial charge in [-0.25, -0.2) is 31.5 Å². The van der Waals surface area contributed by atoms with Crippen molar-refractivity contribution in [2.75, 3.05) is 12.3 Å². The van der Waals surface area contributed by atoms with Crippen LogP contribution in [0.5, 0.6) is 0 Å². The number of halogens is 2. The third-order valence-corrected chi connectivity index (χ3v) is 5.70. The summed E-state index contributed by atoms with van der Waals surface area (Å²) >= 11 is 8.69. The number of carbonyl (C=O) groups is 1. The zero-order valence-electron chi connectivity index (χ0n) is 10.2. The van der Waals surface area contributed by atoms with E-state index in [0.717, 1.165) is 12.1 Å². The molecule has 8 nitrogen and oxygen atoms in total. The zero-order chi connectivity index (χ0) is 16.4. The Morgan fingerprint density at radius 1 is 1.33 bits per heavy atom. The van der Waals surface area contributed by atoms with Crippen LogP contribution in [0, 0.1) is 0 Å². The van der Waals surface area contributed by atoms with E-state index in [-0.39, 0.29) is 14.4 Å². The largest absolute Gasteiger partial charge is 0.478 e. The molecule has 0 fully saturated rings. The summed E-state index contributed by atoms with van der Waals surface area (Å²) < 4.78 is 47.5. The topological polar surface area (TPSA) is 144 Å². The summed E-state index contributed by atoms with van der Waals surface area (Å²) in [4.78, 5) is 10.6. The second-order valence-electron chi connectivity index (χ2n) is 3.84. The molecule has 0 aliphatic rings. The van der Waals surface area contributed by atoms with Crippen LogP contribution in [-0.4, -0.2) is 40.2 Å². The molecule has 0 unspecified atom stereocenters. The molecule has 0 bridgehead atoms. The number of carboxylic acid groups (broad SMARTS) is 1. The number of carboxylic acids is 1. The van der Waals surface area contributed by atoms with Gasteiger partial charge < -0.3 is 5.11 Å². The van der Waals surface area contributed by atoms with Crippen molar-refractivity contribution in [1.29, 1.82) is 0 Å². The van der Waals surface area contributed by atoms with E-state index in [2.05, 4.69) is 15.9 Å². The van der Waals surface area contributed by atoms with E-state index in [0.29, 0.717) is 0 Å². The molecule has 0 saturated carbocycles. The van der Waals surface area contributed by atoms with Gasteiger partial charge in [0.15, 0.2) is 0 Å². The lowest BCUT2D eigenvalue weighted by molar-refractivity contribution is 0.0696. The van der Waals surface area contributed by atoms with Crippen LogP contribution < -0.4 is 9.86 Å². The number of nitrogens with two attached hydrogens (primary N) is 1. The fourth-order valence-electron chi connectivity index (χ4n) is 1.28. The maximum absolute atomic E-state index is 12.0. The minimum absolute atomic E-state index is 0.0795. The first kappa shape index (κ1) is 18.3. The Morgan fingerprint density at radius 3 is 2.38 bits per heavy atom. The molecular weight excluding hydrogens is 412 g/mol. The van der Waals surface area contributed by atoms with Crippen LogP contribution in [0.25, 0.3) is 0 Å². The summed E-state index contributed by atoms with van der Waals surface area (Å²) in [5, 5.41) is 13.5. The molecule has 0 aromatic heterocycles. The highest BCUT2D eigenvalue weighted by Gasteiger charge is 2.21. The van der Waals surface area contributed by atoms with Crippen LogP contribution in [0.15, 0.2) is 21.5 Å². The number of nitrogens with one attached hydrogen (secondary N) is 1. The number of rotatable bonds is 6. The number of primary sulfonamides is 1. The highest BCUT2D eigenvalue weighted by molar-refractivity contribution is 9.10. The van der Waals surface area contributed by atoms with Crippen LogP contribution >= 0.6 is 27.5 Å². The molecule has 0 heterocycles. The molecule has 1 aromatic rings. The summed E-state index contributed by atoms with van der Waals surface area (Å²) in [7, 11) is -7.92. The highest BCUT2D eigenvalue weighted by Crippen LogP contribution is 2.29. The van der Waals surface area contributed by atoms with Crippen LogP contribution in [0.2, 0.25) is 5.02 Å². The Balaban J connectivity index is 3.12. The first-order valence-corrected chi connectivity index (χ1v) is 9.53. The lowest BCUT2D eigenvalue weighted by Crippen LogP contribution is -2.31. The van der Waals surface area contributed by atoms with Crippen molar-refractivity contribution in [2.24, 2.45) is 5.14 Å². The Hall–Kier alpha value is -0.720. The van der Waals surface area contributed by atoms with Gasteiger partial charge in [-0.05, 0) is 28.1 Å². The van der Waals surface area contributed by atoms with E-state index in [1.165, 1.54) is 0 Å². The molecule has 21 heavy (non-hydrogen) atoms. The SMILES string of the molecule is NS(=O)(=O)CCNS(=O)(=O)c1cc(Br)c(Cl)c(C(=O)O)c1. The Kier molecular flexibility index (Phi) is 5.75. The molecule has 0 amide bonds. The predicted octanol–water partition coefficient (Wildman–Crippen LogP) is 0.368. The van der Waals surface area contributed by atoms with Gasteiger partial charge in [0, 0.05) is 11.0 Å². The standard InChI is InChI=1S/C9H10BrClN2O6S2/c10-7-4-5(3-6(8(7)11)9(14)15)21(18,19)13-1-2-20(12,16)17/h3-4,13H,1-2H2,(H,14,15)(H2,12,16,17). The summed E-state index contributed by atoms with van der Waals surface area (Å²) in [6, 6.07) is 1.97. The third-order valence-electron chi connectivity index (χ3n) is 2.22. The molecule has 118 valence electrons. The van der Waals surface area contributed by atoms with Crippen molar-refractivity contribution < 1.29 is 26.7 Å². The maximum Gasteiger partial charge on any atom is 0.337 e. The Morgan fingerprint density at radius 2 is 1.90 bits per heavy atom. The molecule has 0 spiro atoms. The maximum atomic E-state index is 12.0. The van der Waals surface area contributed by atoms with E-state index in [4.69, 9.17) is 21.8 Å². The average Bonchev–Trinajstić information content (AvgIpc) is 2.29. The van der Waals surface area contributed by atoms with Gasteiger partial charge in [0.2, 0.25) is 20.0 Å². The van der Waals surface area contributed by atoms with Crippen LogP contribution in [-0.2, 0) is 20.0 Å². The number of benzene rings is 1. The van der Waals surface area contributed by atoms with E-state index in [9.17, 15) is 21.6 Å². The quantitative estimate of drug-likeness (QED) is 0.605. The number of sulfonamides is 2. The van der Waals surface area contributed by atoms with Crippen molar-refractivity contribution in [3.05, 3.63) is 27.2 Å². The fourth-order valence-corrected chi connectivity index (χ4v) is 3.68. The van der Waals surface area contributed by atoms with Gasteiger partial charge in [0.05, 0.1) is 21.2 Å². The minimum Gasteiger partial charge on any atom is -0.478 e. The van der Waals surface area contributed by atoms with Crippen LogP contribution in [0.1, 0.15) is 10.4 Å². The monoisotopic (exact) mass is 420 g/mol. The molecular formula is C9H10BrClN2O6S2. The minimum atomic E-state index is -4.10. The van der Waals surface area contributed by atoms with E-state index in [1.54, 1.807) is 0 Å². The van der Waals surface area contributed by atoms with Gasteiger partial charge in [-0.1, -0.05) is 11.6 Å². The van der Waals surface area contributed by atoms with Crippen LogP contribution in [0.3, 0.4) is 0 Å². The summed E-state index contributed by atoms with van der Waals surface area (Å²) in [5.41, 5.74) is -0.405. The molecule has 12 heteroatoms. The fraction of sp³-hybridized carbons (Fsp3) is 0.222. The van der Waals surface area contributed by atoms with Gasteiger partial charge in [0.25, 0.3) is 0 Å². The second kappa shape index (κ2) is 6.58. The summed E-state index contributed by atoms with van der Waals surface area (Å²) in [6.07, 6.45) is 0. The number of hydrogen-bond acceptors (Lipinski definition) is 5. The lowest BCUT2D eigenvalue weighted by atomic mass is 10.2. The molecule has 1 aromatic carbocycles. The van der Waals surface area contributed by atoms with Crippen molar-refractivity contribution in [2.45, 2.75) is 4.90 Å². The average molecular weight is 422 g/mol. The predicted molar refractivity (Wildman–Crippen MR) is 79.3 cm³/mol. The first-order valence-electron chi connectivity index (χ1n) is 5.16. The molecule has 1 rings (SSSR count). The van der Waals surface area contributed by atoms with Crippen molar-refractivity contribution in [3.8, 4) is 0 Å². The van der Waals surface area contributed by atoms with Gasteiger partial charge in [-0.2, -0.15) is 0 Å². The van der Waals surface area contributed by atoms with Gasteiger partial charge >= 0.3 is 5.97 Å². The molecule has 0 atom stereocenters. The summed E-state index contributed by atoms with van der Waals surface area (Å²) in [5.74, 6) is -1.99. The molecule has 4 N–H and O–H groups in total. The van der Waals surface area contributed by atoms with E-state index in [1.807, 2.05) is 4.72 Å². The van der Waals surface area contributed by atoms with Gasteiger partial charge in [-0.15, -0.1) is 0 Å². The first-order chi connectivity index (χ1) is 9.44. The smallest absolute Gasteiger partial charge is 0.337 e.